The highest BCUT2D eigenvalue weighted by molar-refractivity contribution is 6.20. The Morgan fingerprint density at radius 3 is 2.60 bits per heavy atom. The highest BCUT2D eigenvalue weighted by atomic mass is 16.2. The number of benzene rings is 2. The van der Waals surface area contributed by atoms with Crippen molar-refractivity contribution in [2.45, 2.75) is 0 Å². The molecule has 2 aromatic rings. The number of imide groups is 1. The summed E-state index contributed by atoms with van der Waals surface area (Å²) in [6, 6.07) is 11.0. The van der Waals surface area contributed by atoms with Crippen LogP contribution in [0.25, 0.3) is 10.8 Å². The molecule has 3 rings (SSSR count). The predicted molar refractivity (Wildman–Crippen MR) is 55.7 cm³/mol. The number of rotatable bonds is 0. The van der Waals surface area contributed by atoms with Crippen molar-refractivity contribution in [3.8, 4) is 0 Å². The van der Waals surface area contributed by atoms with E-state index in [0.717, 1.165) is 10.8 Å². The molecule has 0 radical (unpaired) electrons. The van der Waals surface area contributed by atoms with Crippen molar-refractivity contribution in [2.75, 3.05) is 0 Å². The minimum Gasteiger partial charge on any atom is -0.288 e. The molecule has 0 aromatic heterocycles. The Bertz CT molecular complexity index is 602. The van der Waals surface area contributed by atoms with Crippen molar-refractivity contribution in [3.05, 3.63) is 47.5 Å². The minimum atomic E-state index is -0.321. The van der Waals surface area contributed by atoms with Gasteiger partial charge in [0.1, 0.15) is 0 Å². The Morgan fingerprint density at radius 2 is 1.73 bits per heavy atom. The maximum atomic E-state index is 11.6. The second kappa shape index (κ2) is 2.67. The monoisotopic (exact) mass is 197 g/mol. The Kier molecular flexibility index (Phi) is 1.45. The van der Waals surface area contributed by atoms with Gasteiger partial charge < -0.3 is 0 Å². The molecule has 1 aliphatic heterocycles. The average molecular weight is 197 g/mol. The smallest absolute Gasteiger partial charge is 0.258 e. The average Bonchev–Trinajstić information content (AvgIpc) is 2.26. The fourth-order valence-corrected chi connectivity index (χ4v) is 1.87. The number of carbonyl (C=O) groups is 2. The highest BCUT2D eigenvalue weighted by Crippen LogP contribution is 2.23. The first-order valence-corrected chi connectivity index (χ1v) is 4.64. The van der Waals surface area contributed by atoms with Crippen LogP contribution in [0.15, 0.2) is 36.4 Å². The SMILES string of the molecule is O=C1NC(=O)c2cc1cc1ccccc21. The summed E-state index contributed by atoms with van der Waals surface area (Å²) in [4.78, 5) is 22.9. The number of fused-ring (bicyclic) bond motifs is 4. The van der Waals surface area contributed by atoms with E-state index in [-0.39, 0.29) is 11.8 Å². The van der Waals surface area contributed by atoms with Crippen molar-refractivity contribution < 1.29 is 9.59 Å². The van der Waals surface area contributed by atoms with Gasteiger partial charge in [-0.25, -0.2) is 0 Å². The van der Waals surface area contributed by atoms with E-state index in [1.165, 1.54) is 0 Å². The van der Waals surface area contributed by atoms with Gasteiger partial charge in [0.05, 0.1) is 0 Å². The molecule has 0 saturated carbocycles. The second-order valence-corrected chi connectivity index (χ2v) is 3.53. The van der Waals surface area contributed by atoms with Crippen LogP contribution in [0, 0.1) is 0 Å². The van der Waals surface area contributed by atoms with Crippen molar-refractivity contribution >= 4 is 22.6 Å². The summed E-state index contributed by atoms with van der Waals surface area (Å²) in [5.41, 5.74) is 1.12. The molecule has 1 heterocycles. The van der Waals surface area contributed by atoms with E-state index in [0.29, 0.717) is 11.1 Å². The van der Waals surface area contributed by atoms with Crippen LogP contribution in [0.1, 0.15) is 20.7 Å². The molecule has 0 unspecified atom stereocenters. The van der Waals surface area contributed by atoms with Crippen LogP contribution in [0.5, 0.6) is 0 Å². The first-order valence-electron chi connectivity index (χ1n) is 4.64. The molecule has 3 nitrogen and oxygen atoms in total. The van der Waals surface area contributed by atoms with Gasteiger partial charge in [-0.1, -0.05) is 24.3 Å². The molecular weight excluding hydrogens is 190 g/mol. The summed E-state index contributed by atoms with van der Waals surface area (Å²) in [6.45, 7) is 0. The molecule has 15 heavy (non-hydrogen) atoms. The molecule has 2 aromatic carbocycles. The van der Waals surface area contributed by atoms with E-state index in [1.807, 2.05) is 24.3 Å². The van der Waals surface area contributed by atoms with Gasteiger partial charge in [0, 0.05) is 11.1 Å². The Labute approximate surface area is 85.7 Å². The lowest BCUT2D eigenvalue weighted by atomic mass is 9.97. The normalized spacial score (nSPS) is 14.1. The van der Waals surface area contributed by atoms with Crippen LogP contribution in [0.3, 0.4) is 0 Å². The molecule has 0 fully saturated rings. The lowest BCUT2D eigenvalue weighted by Crippen LogP contribution is -2.34. The van der Waals surface area contributed by atoms with Crippen LogP contribution < -0.4 is 5.32 Å². The molecule has 0 spiro atoms. The fraction of sp³-hybridized carbons (Fsp3) is 0. The van der Waals surface area contributed by atoms with Gasteiger partial charge in [-0.05, 0) is 22.9 Å². The number of amides is 2. The summed E-state index contributed by atoms with van der Waals surface area (Å²) in [6.07, 6.45) is 0. The third kappa shape index (κ3) is 1.06. The van der Waals surface area contributed by atoms with Crippen LogP contribution in [0.4, 0.5) is 0 Å². The summed E-state index contributed by atoms with van der Waals surface area (Å²) in [5.74, 6) is -0.637. The molecule has 0 atom stereocenters. The quantitative estimate of drug-likeness (QED) is 0.653. The Balaban J connectivity index is 2.48. The Hall–Kier alpha value is -2.16. The lowest BCUT2D eigenvalue weighted by molar-refractivity contribution is 0.0842. The van der Waals surface area contributed by atoms with Gasteiger partial charge in [-0.2, -0.15) is 0 Å². The molecule has 3 heteroatoms. The lowest BCUT2D eigenvalue weighted by Gasteiger charge is -2.14. The third-order valence-corrected chi connectivity index (χ3v) is 2.60. The van der Waals surface area contributed by atoms with Crippen molar-refractivity contribution in [2.24, 2.45) is 0 Å². The maximum Gasteiger partial charge on any atom is 0.258 e. The van der Waals surface area contributed by atoms with Crippen molar-refractivity contribution in [1.82, 2.24) is 5.32 Å². The first kappa shape index (κ1) is 8.17. The van der Waals surface area contributed by atoms with Crippen LogP contribution in [-0.2, 0) is 0 Å². The summed E-state index contributed by atoms with van der Waals surface area (Å²) >= 11 is 0. The molecular formula is C12H7NO2. The molecule has 2 amide bonds. The van der Waals surface area contributed by atoms with Gasteiger partial charge in [-0.3, -0.25) is 14.9 Å². The fourth-order valence-electron chi connectivity index (χ4n) is 1.87. The van der Waals surface area contributed by atoms with E-state index >= 15 is 0 Å². The standard InChI is InChI=1S/C12H7NO2/c14-11-8-5-7-3-1-2-4-9(7)10(6-8)12(15)13-11/h1-6H,(H,13,14,15). The topological polar surface area (TPSA) is 46.2 Å². The van der Waals surface area contributed by atoms with Gasteiger partial charge >= 0.3 is 0 Å². The zero-order valence-corrected chi connectivity index (χ0v) is 7.78. The molecule has 2 bridgehead atoms. The summed E-state index contributed by atoms with van der Waals surface area (Å²) in [7, 11) is 0. The van der Waals surface area contributed by atoms with Crippen molar-refractivity contribution in [1.29, 1.82) is 0 Å². The summed E-state index contributed by atoms with van der Waals surface area (Å²) in [5, 5.41) is 4.11. The molecule has 72 valence electrons. The van der Waals surface area contributed by atoms with E-state index in [2.05, 4.69) is 5.32 Å². The Morgan fingerprint density at radius 1 is 0.933 bits per heavy atom. The minimum absolute atomic E-state index is 0.315. The summed E-state index contributed by atoms with van der Waals surface area (Å²) < 4.78 is 0. The molecule has 0 aliphatic carbocycles. The van der Waals surface area contributed by atoms with Gasteiger partial charge in [0.2, 0.25) is 0 Å². The van der Waals surface area contributed by atoms with Crippen LogP contribution in [0.2, 0.25) is 0 Å². The highest BCUT2D eigenvalue weighted by Gasteiger charge is 2.22. The van der Waals surface area contributed by atoms with Gasteiger partial charge in [0.15, 0.2) is 0 Å². The first-order chi connectivity index (χ1) is 7.25. The molecule has 0 saturated heterocycles. The number of nitrogens with one attached hydrogen (secondary N) is 1. The van der Waals surface area contributed by atoms with Crippen molar-refractivity contribution in [3.63, 3.8) is 0 Å². The second-order valence-electron chi connectivity index (χ2n) is 3.53. The zero-order chi connectivity index (χ0) is 10.4. The van der Waals surface area contributed by atoms with E-state index in [9.17, 15) is 9.59 Å². The van der Waals surface area contributed by atoms with E-state index in [4.69, 9.17) is 0 Å². The zero-order valence-electron chi connectivity index (χ0n) is 7.78. The van der Waals surface area contributed by atoms with E-state index in [1.54, 1.807) is 12.1 Å². The van der Waals surface area contributed by atoms with Crippen LogP contribution >= 0.6 is 0 Å². The number of hydrogen-bond acceptors (Lipinski definition) is 2. The predicted octanol–water partition coefficient (Wildman–Crippen LogP) is 1.72. The van der Waals surface area contributed by atoms with Gasteiger partial charge in [-0.15, -0.1) is 0 Å². The number of hydrogen-bond donors (Lipinski definition) is 1. The maximum absolute atomic E-state index is 11.6. The van der Waals surface area contributed by atoms with E-state index < -0.39 is 0 Å². The van der Waals surface area contributed by atoms with Crippen LogP contribution in [-0.4, -0.2) is 11.8 Å². The largest absolute Gasteiger partial charge is 0.288 e. The third-order valence-electron chi connectivity index (χ3n) is 2.60. The molecule has 1 aliphatic rings. The van der Waals surface area contributed by atoms with Gasteiger partial charge in [0.25, 0.3) is 11.8 Å². The molecule has 1 N–H and O–H groups in total. The number of carbonyl (C=O) groups excluding carboxylic acids is 2.